The minimum atomic E-state index is -0.525. The molecule has 6 heteroatoms. The van der Waals surface area contributed by atoms with Gasteiger partial charge in [0, 0.05) is 19.1 Å². The lowest BCUT2D eigenvalue weighted by atomic mass is 10.0. The topological polar surface area (TPSA) is 70.4 Å². The van der Waals surface area contributed by atoms with Gasteiger partial charge in [-0.1, -0.05) is 13.0 Å². The van der Waals surface area contributed by atoms with Gasteiger partial charge in [-0.3, -0.25) is 10.6 Å². The first-order chi connectivity index (χ1) is 10.2. The molecule has 5 nitrogen and oxygen atoms in total. The van der Waals surface area contributed by atoms with E-state index in [0.29, 0.717) is 0 Å². The van der Waals surface area contributed by atoms with E-state index in [9.17, 15) is 9.18 Å². The second-order valence-electron chi connectivity index (χ2n) is 5.40. The molecule has 0 unspecified atom stereocenters. The van der Waals surface area contributed by atoms with Crippen molar-refractivity contribution in [2.24, 2.45) is 5.84 Å². The van der Waals surface area contributed by atoms with Gasteiger partial charge in [-0.05, 0) is 37.9 Å². The highest BCUT2D eigenvalue weighted by Crippen LogP contribution is 2.19. The summed E-state index contributed by atoms with van der Waals surface area (Å²) in [6.07, 6.45) is 2.99. The highest BCUT2D eigenvalue weighted by Gasteiger charge is 2.22. The molecule has 0 atom stereocenters. The van der Waals surface area contributed by atoms with Crippen LogP contribution in [0.5, 0.6) is 0 Å². The fourth-order valence-corrected chi connectivity index (χ4v) is 2.74. The molecule has 0 radical (unpaired) electrons. The summed E-state index contributed by atoms with van der Waals surface area (Å²) in [5.74, 6) is 4.49. The normalized spacial score (nSPS) is 16.7. The third-order valence-electron chi connectivity index (χ3n) is 3.87. The number of amides is 1. The zero-order valence-electron chi connectivity index (χ0n) is 12.4. The monoisotopic (exact) mass is 294 g/mol. The van der Waals surface area contributed by atoms with E-state index in [1.165, 1.54) is 12.1 Å². The zero-order valence-corrected chi connectivity index (χ0v) is 12.4. The van der Waals surface area contributed by atoms with E-state index in [1.807, 2.05) is 0 Å². The molecular formula is C15H23FN4O. The van der Waals surface area contributed by atoms with Crippen LogP contribution in [0.25, 0.3) is 0 Å². The molecule has 4 N–H and O–H groups in total. The molecule has 1 saturated heterocycles. The van der Waals surface area contributed by atoms with E-state index in [0.717, 1.165) is 38.9 Å². The summed E-state index contributed by atoms with van der Waals surface area (Å²) in [6.45, 7) is 5.25. The van der Waals surface area contributed by atoms with Gasteiger partial charge in [0.1, 0.15) is 5.82 Å². The molecule has 0 bridgehead atoms. The van der Waals surface area contributed by atoms with Crippen molar-refractivity contribution in [2.75, 3.05) is 25.1 Å². The minimum absolute atomic E-state index is 0.0402. The lowest BCUT2D eigenvalue weighted by Gasteiger charge is -2.32. The SMILES string of the molecule is CCCN1CCC(NC(=O)c2cccc(F)c2NN)CC1. The van der Waals surface area contributed by atoms with Crippen LogP contribution in [0.15, 0.2) is 18.2 Å². The van der Waals surface area contributed by atoms with Crippen molar-refractivity contribution in [3.63, 3.8) is 0 Å². The lowest BCUT2D eigenvalue weighted by molar-refractivity contribution is 0.0911. The lowest BCUT2D eigenvalue weighted by Crippen LogP contribution is -2.45. The van der Waals surface area contributed by atoms with E-state index in [4.69, 9.17) is 5.84 Å². The standard InChI is InChI=1S/C15H23FN4O/c1-2-8-20-9-6-11(7-10-20)18-15(21)12-4-3-5-13(16)14(12)19-17/h3-5,11,19H,2,6-10,17H2,1H3,(H,18,21). The number of nitrogens with one attached hydrogen (secondary N) is 2. The van der Waals surface area contributed by atoms with Crippen molar-refractivity contribution in [3.05, 3.63) is 29.6 Å². The number of nitrogen functional groups attached to an aromatic ring is 1. The molecule has 0 aromatic heterocycles. The quantitative estimate of drug-likeness (QED) is 0.571. The van der Waals surface area contributed by atoms with Crippen LogP contribution in [0.4, 0.5) is 10.1 Å². The number of nitrogens with zero attached hydrogens (tertiary/aromatic N) is 1. The number of benzene rings is 1. The van der Waals surface area contributed by atoms with Crippen LogP contribution in [0.2, 0.25) is 0 Å². The van der Waals surface area contributed by atoms with Gasteiger partial charge in [0.25, 0.3) is 5.91 Å². The highest BCUT2D eigenvalue weighted by atomic mass is 19.1. The maximum atomic E-state index is 13.6. The average molecular weight is 294 g/mol. The summed E-state index contributed by atoms with van der Waals surface area (Å²) in [5.41, 5.74) is 2.55. The fraction of sp³-hybridized carbons (Fsp3) is 0.533. The molecular weight excluding hydrogens is 271 g/mol. The van der Waals surface area contributed by atoms with Crippen LogP contribution in [0, 0.1) is 5.82 Å². The number of carbonyl (C=O) groups excluding carboxylic acids is 1. The first-order valence-corrected chi connectivity index (χ1v) is 7.44. The molecule has 21 heavy (non-hydrogen) atoms. The number of carbonyl (C=O) groups is 1. The zero-order chi connectivity index (χ0) is 15.2. The molecule has 1 fully saturated rings. The third-order valence-corrected chi connectivity index (χ3v) is 3.87. The number of halogens is 1. The Kier molecular flexibility index (Phi) is 5.52. The smallest absolute Gasteiger partial charge is 0.253 e. The van der Waals surface area contributed by atoms with Crippen molar-refractivity contribution in [2.45, 2.75) is 32.2 Å². The van der Waals surface area contributed by atoms with E-state index >= 15 is 0 Å². The van der Waals surface area contributed by atoms with E-state index in [2.05, 4.69) is 22.6 Å². The van der Waals surface area contributed by atoms with E-state index in [1.54, 1.807) is 6.07 Å². The summed E-state index contributed by atoms with van der Waals surface area (Å²) >= 11 is 0. The molecule has 0 spiro atoms. The molecule has 1 aliphatic rings. The first-order valence-electron chi connectivity index (χ1n) is 7.44. The first kappa shape index (κ1) is 15.7. The van der Waals surface area contributed by atoms with Crippen LogP contribution >= 0.6 is 0 Å². The number of likely N-dealkylation sites (tertiary alicyclic amines) is 1. The summed E-state index contributed by atoms with van der Waals surface area (Å²) in [4.78, 5) is 14.7. The van der Waals surface area contributed by atoms with Crippen molar-refractivity contribution in [1.29, 1.82) is 0 Å². The van der Waals surface area contributed by atoms with Crippen LogP contribution in [-0.4, -0.2) is 36.5 Å². The number of nitrogens with two attached hydrogens (primary N) is 1. The summed E-state index contributed by atoms with van der Waals surface area (Å²) in [5, 5.41) is 2.97. The number of para-hydroxylation sites is 1. The molecule has 1 aromatic carbocycles. The summed E-state index contributed by atoms with van der Waals surface area (Å²) in [6, 6.07) is 4.49. The number of rotatable bonds is 5. The summed E-state index contributed by atoms with van der Waals surface area (Å²) < 4.78 is 13.6. The van der Waals surface area contributed by atoms with Gasteiger partial charge in [-0.2, -0.15) is 0 Å². The van der Waals surface area contributed by atoms with Gasteiger partial charge in [-0.25, -0.2) is 4.39 Å². The Morgan fingerprint density at radius 2 is 2.14 bits per heavy atom. The predicted molar refractivity (Wildman–Crippen MR) is 81.4 cm³/mol. The van der Waals surface area contributed by atoms with Gasteiger partial charge in [0.05, 0.1) is 11.3 Å². The molecule has 1 aliphatic heterocycles. The van der Waals surface area contributed by atoms with Crippen molar-refractivity contribution < 1.29 is 9.18 Å². The van der Waals surface area contributed by atoms with Gasteiger partial charge < -0.3 is 15.6 Å². The average Bonchev–Trinajstić information content (AvgIpc) is 2.49. The van der Waals surface area contributed by atoms with Crippen LogP contribution < -0.4 is 16.6 Å². The van der Waals surface area contributed by atoms with Crippen molar-refractivity contribution in [1.82, 2.24) is 10.2 Å². The molecule has 0 aliphatic carbocycles. The highest BCUT2D eigenvalue weighted by molar-refractivity contribution is 5.99. The van der Waals surface area contributed by atoms with Crippen LogP contribution in [0.3, 0.4) is 0 Å². The maximum Gasteiger partial charge on any atom is 0.253 e. The molecule has 0 saturated carbocycles. The van der Waals surface area contributed by atoms with Crippen molar-refractivity contribution in [3.8, 4) is 0 Å². The Hall–Kier alpha value is -1.66. The fourth-order valence-electron chi connectivity index (χ4n) is 2.74. The Labute approximate surface area is 124 Å². The van der Waals surface area contributed by atoms with Crippen molar-refractivity contribution >= 4 is 11.6 Å². The second kappa shape index (κ2) is 7.38. The van der Waals surface area contributed by atoms with Gasteiger partial charge in [-0.15, -0.1) is 0 Å². The summed E-state index contributed by atoms with van der Waals surface area (Å²) in [7, 11) is 0. The number of anilines is 1. The van der Waals surface area contributed by atoms with Crippen LogP contribution in [0.1, 0.15) is 36.5 Å². The Bertz CT molecular complexity index is 487. The molecule has 2 rings (SSSR count). The second-order valence-corrected chi connectivity index (χ2v) is 5.40. The van der Waals surface area contributed by atoms with Gasteiger partial charge in [0.2, 0.25) is 0 Å². The number of hydrazine groups is 1. The molecule has 116 valence electrons. The van der Waals surface area contributed by atoms with Crippen LogP contribution in [-0.2, 0) is 0 Å². The minimum Gasteiger partial charge on any atom is -0.349 e. The largest absolute Gasteiger partial charge is 0.349 e. The molecule has 1 amide bonds. The number of piperidine rings is 1. The predicted octanol–water partition coefficient (Wildman–Crippen LogP) is 1.72. The Morgan fingerprint density at radius 1 is 1.43 bits per heavy atom. The number of hydrogen-bond acceptors (Lipinski definition) is 4. The van der Waals surface area contributed by atoms with Gasteiger partial charge in [0.15, 0.2) is 0 Å². The third kappa shape index (κ3) is 3.92. The number of hydrogen-bond donors (Lipinski definition) is 3. The molecule has 1 aromatic rings. The molecule has 1 heterocycles. The Morgan fingerprint density at radius 3 is 2.76 bits per heavy atom. The van der Waals surface area contributed by atoms with Gasteiger partial charge >= 0.3 is 0 Å². The Balaban J connectivity index is 1.95. The van der Waals surface area contributed by atoms with E-state index in [-0.39, 0.29) is 23.2 Å². The maximum absolute atomic E-state index is 13.6. The van der Waals surface area contributed by atoms with E-state index < -0.39 is 5.82 Å².